The van der Waals surface area contributed by atoms with Crippen LogP contribution >= 0.6 is 0 Å². The number of sulfonamides is 1. The molecule has 0 unspecified atom stereocenters. The number of aromatic amines is 1. The van der Waals surface area contributed by atoms with Gasteiger partial charge >= 0.3 is 6.03 Å². The average molecular weight is 379 g/mol. The first-order valence-corrected chi connectivity index (χ1v) is 9.96. The van der Waals surface area contributed by atoms with Crippen molar-refractivity contribution in [2.24, 2.45) is 0 Å². The second-order valence-corrected chi connectivity index (χ2v) is 7.94. The number of hydrogen-bond acceptors (Lipinski definition) is 4. The molecule has 0 bridgehead atoms. The summed E-state index contributed by atoms with van der Waals surface area (Å²) in [6.07, 6.45) is 1.33. The zero-order chi connectivity index (χ0) is 19.2. The van der Waals surface area contributed by atoms with Crippen LogP contribution in [0, 0.1) is 6.92 Å². The van der Waals surface area contributed by atoms with Gasteiger partial charge in [0.1, 0.15) is 0 Å². The highest BCUT2D eigenvalue weighted by atomic mass is 32.2. The fourth-order valence-corrected chi connectivity index (χ4v) is 3.51. The minimum Gasteiger partial charge on any atom is -0.335 e. The molecule has 2 rings (SSSR count). The number of amides is 2. The zero-order valence-electron chi connectivity index (χ0n) is 15.2. The topological polar surface area (TPSA) is 116 Å². The Bertz CT molecular complexity index is 830. The number of carbonyl (C=O) groups excluding carboxylic acids is 1. The lowest BCUT2D eigenvalue weighted by Crippen LogP contribution is -2.37. The van der Waals surface area contributed by atoms with Crippen LogP contribution in [0.4, 0.5) is 10.5 Å². The number of rotatable bonds is 8. The van der Waals surface area contributed by atoms with Crippen molar-refractivity contribution in [2.45, 2.75) is 44.6 Å². The van der Waals surface area contributed by atoms with E-state index in [0.717, 1.165) is 17.8 Å². The summed E-state index contributed by atoms with van der Waals surface area (Å²) >= 11 is 0. The SMILES string of the molecule is CCCNS(=O)(=O)c1ccc(NC(=O)N[C@@H](C)Cc2cc(C)[nH]n2)cc1. The summed E-state index contributed by atoms with van der Waals surface area (Å²) in [6, 6.07) is 7.51. The molecule has 0 radical (unpaired) electrons. The van der Waals surface area contributed by atoms with Gasteiger partial charge in [0.05, 0.1) is 10.6 Å². The number of anilines is 1. The van der Waals surface area contributed by atoms with E-state index in [2.05, 4.69) is 25.6 Å². The highest BCUT2D eigenvalue weighted by Crippen LogP contribution is 2.14. The number of aromatic nitrogens is 2. The summed E-state index contributed by atoms with van der Waals surface area (Å²) in [5.41, 5.74) is 2.37. The first-order valence-electron chi connectivity index (χ1n) is 8.48. The standard InChI is InChI=1S/C17H25N5O3S/c1-4-9-18-26(24,25)16-7-5-14(6-8-16)20-17(23)19-12(2)10-15-11-13(3)21-22-15/h5-8,11-12,18H,4,9-10H2,1-3H3,(H,21,22)(H2,19,20,23)/t12-/m0/s1. The highest BCUT2D eigenvalue weighted by molar-refractivity contribution is 7.89. The molecule has 0 aliphatic heterocycles. The third-order valence-electron chi connectivity index (χ3n) is 3.62. The molecule has 0 aliphatic rings. The molecule has 0 saturated heterocycles. The monoisotopic (exact) mass is 379 g/mol. The predicted octanol–water partition coefficient (Wildman–Crippen LogP) is 2.16. The van der Waals surface area contributed by atoms with Gasteiger partial charge in [-0.1, -0.05) is 6.92 Å². The second-order valence-electron chi connectivity index (χ2n) is 6.17. The van der Waals surface area contributed by atoms with Crippen molar-refractivity contribution < 1.29 is 13.2 Å². The van der Waals surface area contributed by atoms with Crippen molar-refractivity contribution in [1.29, 1.82) is 0 Å². The van der Waals surface area contributed by atoms with E-state index in [-0.39, 0.29) is 17.0 Å². The van der Waals surface area contributed by atoms with Gasteiger partial charge in [-0.2, -0.15) is 5.10 Å². The van der Waals surface area contributed by atoms with Crippen molar-refractivity contribution in [3.05, 3.63) is 41.7 Å². The number of aryl methyl sites for hydroxylation is 1. The van der Waals surface area contributed by atoms with Crippen molar-refractivity contribution in [3.63, 3.8) is 0 Å². The van der Waals surface area contributed by atoms with E-state index in [1.165, 1.54) is 12.1 Å². The van der Waals surface area contributed by atoms with E-state index < -0.39 is 10.0 Å². The Kier molecular flexibility index (Phi) is 6.76. The van der Waals surface area contributed by atoms with Gasteiger partial charge in [-0.25, -0.2) is 17.9 Å². The number of hydrogen-bond donors (Lipinski definition) is 4. The van der Waals surface area contributed by atoms with Gasteiger partial charge in [-0.15, -0.1) is 0 Å². The number of nitrogens with one attached hydrogen (secondary N) is 4. The lowest BCUT2D eigenvalue weighted by atomic mass is 10.2. The summed E-state index contributed by atoms with van der Waals surface area (Å²) in [5.74, 6) is 0. The highest BCUT2D eigenvalue weighted by Gasteiger charge is 2.14. The molecule has 142 valence electrons. The maximum absolute atomic E-state index is 12.1. The summed E-state index contributed by atoms with van der Waals surface area (Å²) < 4.78 is 26.6. The first-order chi connectivity index (χ1) is 12.3. The molecule has 0 aliphatic carbocycles. The van der Waals surface area contributed by atoms with Crippen LogP contribution in [-0.4, -0.2) is 37.2 Å². The quantitative estimate of drug-likeness (QED) is 0.562. The van der Waals surface area contributed by atoms with Crippen LogP contribution in [0.2, 0.25) is 0 Å². The van der Waals surface area contributed by atoms with Crippen LogP contribution in [0.5, 0.6) is 0 Å². The number of nitrogens with zero attached hydrogens (tertiary/aromatic N) is 1. The summed E-state index contributed by atoms with van der Waals surface area (Å²) in [4.78, 5) is 12.2. The molecule has 1 aromatic carbocycles. The Morgan fingerprint density at radius 3 is 2.54 bits per heavy atom. The Morgan fingerprint density at radius 1 is 1.27 bits per heavy atom. The van der Waals surface area contributed by atoms with Gasteiger partial charge in [0.2, 0.25) is 10.0 Å². The maximum atomic E-state index is 12.1. The van der Waals surface area contributed by atoms with Crippen molar-refractivity contribution in [3.8, 4) is 0 Å². The molecule has 26 heavy (non-hydrogen) atoms. The third kappa shape index (κ3) is 5.85. The first kappa shape index (κ1) is 19.9. The summed E-state index contributed by atoms with van der Waals surface area (Å²) in [5, 5.41) is 12.5. The van der Waals surface area contributed by atoms with E-state index in [1.807, 2.05) is 26.8 Å². The van der Waals surface area contributed by atoms with E-state index >= 15 is 0 Å². The van der Waals surface area contributed by atoms with Crippen LogP contribution in [0.1, 0.15) is 31.7 Å². The Balaban J connectivity index is 1.88. The minimum absolute atomic E-state index is 0.101. The Morgan fingerprint density at radius 2 is 1.96 bits per heavy atom. The van der Waals surface area contributed by atoms with E-state index in [1.54, 1.807) is 12.1 Å². The molecule has 8 nitrogen and oxygen atoms in total. The molecule has 2 amide bonds. The second kappa shape index (κ2) is 8.81. The number of H-pyrrole nitrogens is 1. The van der Waals surface area contributed by atoms with Gasteiger partial charge in [0, 0.05) is 30.4 Å². The van der Waals surface area contributed by atoms with Crippen LogP contribution in [-0.2, 0) is 16.4 Å². The fraction of sp³-hybridized carbons (Fsp3) is 0.412. The van der Waals surface area contributed by atoms with Gasteiger partial charge in [0.15, 0.2) is 0 Å². The molecular formula is C17H25N5O3S. The predicted molar refractivity (Wildman–Crippen MR) is 101 cm³/mol. The molecule has 0 spiro atoms. The van der Waals surface area contributed by atoms with Crippen LogP contribution in [0.15, 0.2) is 35.2 Å². The minimum atomic E-state index is -3.51. The lowest BCUT2D eigenvalue weighted by Gasteiger charge is -2.14. The normalized spacial score (nSPS) is 12.6. The molecule has 2 aromatic rings. The van der Waals surface area contributed by atoms with E-state index in [0.29, 0.717) is 18.7 Å². The molecule has 1 aromatic heterocycles. The van der Waals surface area contributed by atoms with E-state index in [4.69, 9.17) is 0 Å². The number of carbonyl (C=O) groups is 1. The molecule has 1 heterocycles. The molecule has 0 saturated carbocycles. The zero-order valence-corrected chi connectivity index (χ0v) is 16.0. The largest absolute Gasteiger partial charge is 0.335 e. The lowest BCUT2D eigenvalue weighted by molar-refractivity contribution is 0.249. The van der Waals surface area contributed by atoms with Crippen molar-refractivity contribution in [2.75, 3.05) is 11.9 Å². The van der Waals surface area contributed by atoms with Gasteiger partial charge < -0.3 is 10.6 Å². The summed E-state index contributed by atoms with van der Waals surface area (Å²) in [6.45, 7) is 6.09. The molecular weight excluding hydrogens is 354 g/mol. The number of benzene rings is 1. The molecule has 9 heteroatoms. The molecule has 4 N–H and O–H groups in total. The van der Waals surface area contributed by atoms with Crippen molar-refractivity contribution >= 4 is 21.7 Å². The van der Waals surface area contributed by atoms with Crippen LogP contribution in [0.25, 0.3) is 0 Å². The smallest absolute Gasteiger partial charge is 0.319 e. The Labute approximate surface area is 153 Å². The van der Waals surface area contributed by atoms with Gasteiger partial charge in [-0.05, 0) is 50.6 Å². The third-order valence-corrected chi connectivity index (χ3v) is 5.09. The summed E-state index contributed by atoms with van der Waals surface area (Å²) in [7, 11) is -3.51. The van der Waals surface area contributed by atoms with Crippen molar-refractivity contribution in [1.82, 2.24) is 20.2 Å². The van der Waals surface area contributed by atoms with Crippen LogP contribution < -0.4 is 15.4 Å². The average Bonchev–Trinajstić information content (AvgIpc) is 2.98. The molecule has 1 atom stereocenters. The van der Waals surface area contributed by atoms with E-state index in [9.17, 15) is 13.2 Å². The van der Waals surface area contributed by atoms with Crippen LogP contribution in [0.3, 0.4) is 0 Å². The fourth-order valence-electron chi connectivity index (χ4n) is 2.37. The van der Waals surface area contributed by atoms with Gasteiger partial charge in [-0.3, -0.25) is 5.10 Å². The van der Waals surface area contributed by atoms with Gasteiger partial charge in [0.25, 0.3) is 0 Å². The Hall–Kier alpha value is -2.39. The molecule has 0 fully saturated rings. The number of urea groups is 1. The maximum Gasteiger partial charge on any atom is 0.319 e.